The molecule has 1 unspecified atom stereocenters. The molecule has 2 aromatic rings. The van der Waals surface area contributed by atoms with E-state index in [-0.39, 0.29) is 11.9 Å². The number of amides is 1. The van der Waals surface area contributed by atoms with Gasteiger partial charge in [-0.2, -0.15) is 4.98 Å². The summed E-state index contributed by atoms with van der Waals surface area (Å²) in [6.45, 7) is 2.05. The van der Waals surface area contributed by atoms with Gasteiger partial charge in [0.1, 0.15) is 11.7 Å². The molecule has 2 aliphatic rings. The summed E-state index contributed by atoms with van der Waals surface area (Å²) in [6.07, 6.45) is 3.95. The van der Waals surface area contributed by atoms with Crippen LogP contribution in [0.2, 0.25) is 0 Å². The molecule has 1 N–H and O–H groups in total. The second kappa shape index (κ2) is 5.47. The van der Waals surface area contributed by atoms with Gasteiger partial charge in [0.2, 0.25) is 11.9 Å². The molecule has 0 spiro atoms. The van der Waals surface area contributed by atoms with Crippen LogP contribution in [0.5, 0.6) is 0 Å². The minimum absolute atomic E-state index is 0.107. The zero-order chi connectivity index (χ0) is 16.8. The minimum Gasteiger partial charge on any atom is -0.345 e. The highest BCUT2D eigenvalue weighted by molar-refractivity contribution is 6.04. The average molecular weight is 323 g/mol. The zero-order valence-electron chi connectivity index (χ0n) is 14.2. The number of benzene rings is 1. The number of nitrogens with one attached hydrogen (secondary N) is 1. The summed E-state index contributed by atoms with van der Waals surface area (Å²) in [7, 11) is 3.76. The lowest BCUT2D eigenvalue weighted by atomic mass is 10.1. The van der Waals surface area contributed by atoms with E-state index in [1.165, 1.54) is 5.56 Å². The molecule has 1 fully saturated rings. The number of aryl methyl sites for hydroxylation is 1. The molecule has 0 saturated heterocycles. The Balaban J connectivity index is 1.66. The van der Waals surface area contributed by atoms with Crippen LogP contribution in [0.3, 0.4) is 0 Å². The normalized spacial score (nSPS) is 20.1. The van der Waals surface area contributed by atoms with Crippen molar-refractivity contribution >= 4 is 29.0 Å². The van der Waals surface area contributed by atoms with Crippen LogP contribution >= 0.6 is 0 Å². The summed E-state index contributed by atoms with van der Waals surface area (Å²) in [5.41, 5.74) is 2.91. The molecule has 1 amide bonds. The second-order valence-electron chi connectivity index (χ2n) is 6.68. The van der Waals surface area contributed by atoms with Crippen LogP contribution < -0.4 is 15.1 Å². The van der Waals surface area contributed by atoms with Crippen molar-refractivity contribution in [1.82, 2.24) is 9.97 Å². The number of hydrogen-bond donors (Lipinski definition) is 1. The first-order valence-electron chi connectivity index (χ1n) is 8.26. The Bertz CT molecular complexity index is 784. The molecule has 6 heteroatoms. The predicted molar refractivity (Wildman–Crippen MR) is 94.8 cm³/mol. The molecule has 124 valence electrons. The van der Waals surface area contributed by atoms with Gasteiger partial charge in [0.05, 0.1) is 6.20 Å². The standard InChI is InChI=1S/C18H21N5O/c1-11-4-8-13(9-5-11)20-18-19-10-14-16(21-18)23(3)15(12-6-7-12)17(24)22(14)2/h4-5,8-10,12,15H,6-7H2,1-3H3,(H,19,20,21). The van der Waals surface area contributed by atoms with Crippen LogP contribution in [0, 0.1) is 12.8 Å². The Morgan fingerprint density at radius 3 is 2.54 bits per heavy atom. The maximum absolute atomic E-state index is 12.6. The number of hydrogen-bond acceptors (Lipinski definition) is 5. The molecule has 0 bridgehead atoms. The number of nitrogens with zero attached hydrogens (tertiary/aromatic N) is 4. The maximum atomic E-state index is 12.6. The monoisotopic (exact) mass is 323 g/mol. The van der Waals surface area contributed by atoms with E-state index < -0.39 is 0 Å². The number of carbonyl (C=O) groups is 1. The van der Waals surface area contributed by atoms with Crippen molar-refractivity contribution in [1.29, 1.82) is 0 Å². The molecule has 0 radical (unpaired) electrons. The van der Waals surface area contributed by atoms with E-state index in [0.29, 0.717) is 11.9 Å². The number of fused-ring (bicyclic) bond motifs is 1. The van der Waals surface area contributed by atoms with Crippen molar-refractivity contribution in [3.63, 3.8) is 0 Å². The van der Waals surface area contributed by atoms with Crippen LogP contribution in [0.15, 0.2) is 30.5 Å². The molecule has 1 aromatic carbocycles. The lowest BCUT2D eigenvalue weighted by Gasteiger charge is -2.38. The van der Waals surface area contributed by atoms with E-state index in [0.717, 1.165) is 30.0 Å². The SMILES string of the molecule is Cc1ccc(Nc2ncc3c(n2)N(C)C(C2CC2)C(=O)N3C)cc1. The lowest BCUT2D eigenvalue weighted by molar-refractivity contribution is -0.120. The van der Waals surface area contributed by atoms with Crippen LogP contribution in [-0.2, 0) is 4.79 Å². The Morgan fingerprint density at radius 2 is 1.88 bits per heavy atom. The van der Waals surface area contributed by atoms with Gasteiger partial charge in [0.15, 0.2) is 5.82 Å². The van der Waals surface area contributed by atoms with Crippen LogP contribution in [0.25, 0.3) is 0 Å². The van der Waals surface area contributed by atoms with E-state index in [4.69, 9.17) is 0 Å². The fourth-order valence-electron chi connectivity index (χ4n) is 3.23. The molecule has 1 saturated carbocycles. The Labute approximate surface area is 141 Å². The lowest BCUT2D eigenvalue weighted by Crippen LogP contribution is -2.52. The smallest absolute Gasteiger partial charge is 0.249 e. The molecule has 1 atom stereocenters. The number of carbonyl (C=O) groups excluding carboxylic acids is 1. The van der Waals surface area contributed by atoms with Gasteiger partial charge >= 0.3 is 0 Å². The number of likely N-dealkylation sites (N-methyl/N-ethyl adjacent to an activating group) is 2. The van der Waals surface area contributed by atoms with Crippen molar-refractivity contribution in [3.05, 3.63) is 36.0 Å². The number of rotatable bonds is 3. The minimum atomic E-state index is -0.107. The van der Waals surface area contributed by atoms with Gasteiger partial charge in [-0.25, -0.2) is 4.98 Å². The summed E-state index contributed by atoms with van der Waals surface area (Å²) in [5, 5.41) is 3.24. The van der Waals surface area contributed by atoms with Crippen molar-refractivity contribution in [2.45, 2.75) is 25.8 Å². The summed E-state index contributed by atoms with van der Waals surface area (Å²) in [5.74, 6) is 1.93. The van der Waals surface area contributed by atoms with Crippen LogP contribution in [0.4, 0.5) is 23.1 Å². The molecule has 2 heterocycles. The molecular formula is C18H21N5O. The van der Waals surface area contributed by atoms with Gasteiger partial charge in [0, 0.05) is 19.8 Å². The fraction of sp³-hybridized carbons (Fsp3) is 0.389. The van der Waals surface area contributed by atoms with Crippen molar-refractivity contribution in [2.75, 3.05) is 29.2 Å². The highest BCUT2D eigenvalue weighted by atomic mass is 16.2. The first kappa shape index (κ1) is 14.9. The van der Waals surface area contributed by atoms with E-state index in [2.05, 4.69) is 22.2 Å². The fourth-order valence-corrected chi connectivity index (χ4v) is 3.23. The van der Waals surface area contributed by atoms with E-state index in [1.807, 2.05) is 36.2 Å². The van der Waals surface area contributed by atoms with Gasteiger partial charge in [-0.3, -0.25) is 4.79 Å². The number of anilines is 4. The summed E-state index contributed by atoms with van der Waals surface area (Å²) in [6, 6.07) is 7.99. The van der Waals surface area contributed by atoms with E-state index in [9.17, 15) is 4.79 Å². The van der Waals surface area contributed by atoms with Crippen LogP contribution in [-0.4, -0.2) is 36.0 Å². The third-order valence-electron chi connectivity index (χ3n) is 4.82. The first-order valence-corrected chi connectivity index (χ1v) is 8.26. The van der Waals surface area contributed by atoms with E-state index >= 15 is 0 Å². The molecule has 1 aliphatic carbocycles. The average Bonchev–Trinajstić information content (AvgIpc) is 3.40. The first-order chi connectivity index (χ1) is 11.5. The zero-order valence-corrected chi connectivity index (χ0v) is 14.2. The highest BCUT2D eigenvalue weighted by Crippen LogP contribution is 2.42. The van der Waals surface area contributed by atoms with Gasteiger partial charge in [0.25, 0.3) is 0 Å². The Morgan fingerprint density at radius 1 is 1.17 bits per heavy atom. The molecular weight excluding hydrogens is 302 g/mol. The van der Waals surface area contributed by atoms with Gasteiger partial charge in [-0.05, 0) is 37.8 Å². The Hall–Kier alpha value is -2.63. The predicted octanol–water partition coefficient (Wildman–Crippen LogP) is 2.72. The molecule has 24 heavy (non-hydrogen) atoms. The molecule has 1 aliphatic heterocycles. The largest absolute Gasteiger partial charge is 0.345 e. The van der Waals surface area contributed by atoms with Gasteiger partial charge < -0.3 is 15.1 Å². The quantitative estimate of drug-likeness (QED) is 0.941. The highest BCUT2D eigenvalue weighted by Gasteiger charge is 2.45. The molecule has 4 rings (SSSR count). The number of aromatic nitrogens is 2. The van der Waals surface area contributed by atoms with Crippen molar-refractivity contribution < 1.29 is 4.79 Å². The molecule has 1 aromatic heterocycles. The summed E-state index contributed by atoms with van der Waals surface area (Å²) in [4.78, 5) is 25.3. The summed E-state index contributed by atoms with van der Waals surface area (Å²) >= 11 is 0. The maximum Gasteiger partial charge on any atom is 0.249 e. The topological polar surface area (TPSA) is 61.4 Å². The third-order valence-corrected chi connectivity index (χ3v) is 4.82. The van der Waals surface area contributed by atoms with Crippen LogP contribution in [0.1, 0.15) is 18.4 Å². The van der Waals surface area contributed by atoms with Crippen molar-refractivity contribution in [2.24, 2.45) is 5.92 Å². The van der Waals surface area contributed by atoms with Crippen molar-refractivity contribution in [3.8, 4) is 0 Å². The molecule has 6 nitrogen and oxygen atoms in total. The van der Waals surface area contributed by atoms with Gasteiger partial charge in [-0.1, -0.05) is 17.7 Å². The summed E-state index contributed by atoms with van der Waals surface area (Å²) < 4.78 is 0. The third kappa shape index (κ3) is 2.48. The second-order valence-corrected chi connectivity index (χ2v) is 6.68. The Kier molecular flexibility index (Phi) is 3.40. The van der Waals surface area contributed by atoms with Gasteiger partial charge in [-0.15, -0.1) is 0 Å². The van der Waals surface area contributed by atoms with E-state index in [1.54, 1.807) is 18.1 Å².